The molecular weight excluding hydrogens is 170 g/mol. The minimum absolute atomic E-state index is 0.509. The van der Waals surface area contributed by atoms with Crippen LogP contribution in [0.25, 0.3) is 0 Å². The highest BCUT2D eigenvalue weighted by atomic mass is 14.9. The summed E-state index contributed by atoms with van der Waals surface area (Å²) in [6.07, 6.45) is 4.17. The van der Waals surface area contributed by atoms with Crippen LogP contribution in [0.15, 0.2) is 36.9 Å². The standard InChI is InChI=1S/C13H19N/c1-4-5-8-12(3)14-13-9-6-7-11(2)10-13/h4,6-7,9-10,12,14H,1,5,8H2,2-3H3/t12-/m0/s1. The molecule has 1 nitrogen and oxygen atoms in total. The number of allylic oxidation sites excluding steroid dienone is 1. The van der Waals surface area contributed by atoms with Crippen molar-refractivity contribution in [1.29, 1.82) is 0 Å². The van der Waals surface area contributed by atoms with Gasteiger partial charge >= 0.3 is 0 Å². The molecule has 0 unspecified atom stereocenters. The molecule has 0 bridgehead atoms. The van der Waals surface area contributed by atoms with E-state index in [4.69, 9.17) is 0 Å². The molecule has 0 amide bonds. The maximum Gasteiger partial charge on any atom is 0.0344 e. The normalized spacial score (nSPS) is 12.1. The minimum Gasteiger partial charge on any atom is -0.383 e. The Kier molecular flexibility index (Phi) is 4.24. The van der Waals surface area contributed by atoms with Gasteiger partial charge in [-0.15, -0.1) is 6.58 Å². The molecule has 1 N–H and O–H groups in total. The summed E-state index contributed by atoms with van der Waals surface area (Å²) in [5.41, 5.74) is 2.51. The first kappa shape index (κ1) is 10.8. The zero-order valence-corrected chi connectivity index (χ0v) is 9.09. The zero-order chi connectivity index (χ0) is 10.4. The Hall–Kier alpha value is -1.24. The number of aryl methyl sites for hydroxylation is 1. The molecule has 1 heteroatoms. The van der Waals surface area contributed by atoms with Gasteiger partial charge in [-0.1, -0.05) is 18.2 Å². The van der Waals surface area contributed by atoms with E-state index in [1.165, 1.54) is 11.3 Å². The fourth-order valence-corrected chi connectivity index (χ4v) is 1.46. The Labute approximate surface area is 86.8 Å². The van der Waals surface area contributed by atoms with E-state index in [0.717, 1.165) is 12.8 Å². The molecule has 1 aromatic carbocycles. The van der Waals surface area contributed by atoms with Gasteiger partial charge in [0.25, 0.3) is 0 Å². The largest absolute Gasteiger partial charge is 0.383 e. The summed E-state index contributed by atoms with van der Waals surface area (Å²) in [4.78, 5) is 0. The second-order valence-corrected chi connectivity index (χ2v) is 3.78. The lowest BCUT2D eigenvalue weighted by atomic mass is 10.1. The fourth-order valence-electron chi connectivity index (χ4n) is 1.46. The highest BCUT2D eigenvalue weighted by Gasteiger charge is 1.99. The number of rotatable bonds is 5. The van der Waals surface area contributed by atoms with Gasteiger partial charge in [-0.3, -0.25) is 0 Å². The van der Waals surface area contributed by atoms with E-state index in [9.17, 15) is 0 Å². The van der Waals surface area contributed by atoms with Crippen LogP contribution in [0.3, 0.4) is 0 Å². The molecule has 0 saturated heterocycles. The lowest BCUT2D eigenvalue weighted by Crippen LogP contribution is -2.14. The lowest BCUT2D eigenvalue weighted by Gasteiger charge is -2.14. The summed E-state index contributed by atoms with van der Waals surface area (Å²) in [7, 11) is 0. The van der Waals surface area contributed by atoms with E-state index < -0.39 is 0 Å². The van der Waals surface area contributed by atoms with Gasteiger partial charge in [0, 0.05) is 11.7 Å². The Morgan fingerprint density at radius 3 is 2.93 bits per heavy atom. The summed E-state index contributed by atoms with van der Waals surface area (Å²) in [6.45, 7) is 8.04. The van der Waals surface area contributed by atoms with Gasteiger partial charge in [0.15, 0.2) is 0 Å². The van der Waals surface area contributed by atoms with Crippen molar-refractivity contribution in [3.05, 3.63) is 42.5 Å². The molecule has 0 spiro atoms. The Balaban J connectivity index is 2.47. The van der Waals surface area contributed by atoms with Crippen LogP contribution in [0.1, 0.15) is 25.3 Å². The van der Waals surface area contributed by atoms with Gasteiger partial charge in [-0.05, 0) is 44.4 Å². The summed E-state index contributed by atoms with van der Waals surface area (Å²) >= 11 is 0. The monoisotopic (exact) mass is 189 g/mol. The molecule has 0 fully saturated rings. The first-order valence-corrected chi connectivity index (χ1v) is 5.16. The maximum atomic E-state index is 3.73. The van der Waals surface area contributed by atoms with Crippen molar-refractivity contribution in [1.82, 2.24) is 0 Å². The predicted molar refractivity (Wildman–Crippen MR) is 63.7 cm³/mol. The number of hydrogen-bond acceptors (Lipinski definition) is 1. The van der Waals surface area contributed by atoms with Gasteiger partial charge in [-0.25, -0.2) is 0 Å². The van der Waals surface area contributed by atoms with Gasteiger partial charge in [0.05, 0.1) is 0 Å². The number of hydrogen-bond donors (Lipinski definition) is 1. The third kappa shape index (κ3) is 3.65. The van der Waals surface area contributed by atoms with Gasteiger partial charge in [0.2, 0.25) is 0 Å². The van der Waals surface area contributed by atoms with E-state index in [1.54, 1.807) is 0 Å². The first-order valence-electron chi connectivity index (χ1n) is 5.16. The molecule has 0 aliphatic heterocycles. The van der Waals surface area contributed by atoms with Gasteiger partial charge < -0.3 is 5.32 Å². The van der Waals surface area contributed by atoms with Crippen molar-refractivity contribution < 1.29 is 0 Å². The van der Waals surface area contributed by atoms with Crippen molar-refractivity contribution in [2.75, 3.05) is 5.32 Å². The highest BCUT2D eigenvalue weighted by Crippen LogP contribution is 2.12. The summed E-state index contributed by atoms with van der Waals surface area (Å²) < 4.78 is 0. The third-order valence-electron chi connectivity index (χ3n) is 2.23. The second kappa shape index (κ2) is 5.48. The topological polar surface area (TPSA) is 12.0 Å². The smallest absolute Gasteiger partial charge is 0.0344 e. The van der Waals surface area contributed by atoms with Crippen LogP contribution < -0.4 is 5.32 Å². The van der Waals surface area contributed by atoms with Crippen LogP contribution >= 0.6 is 0 Å². The third-order valence-corrected chi connectivity index (χ3v) is 2.23. The Morgan fingerprint density at radius 2 is 2.29 bits per heavy atom. The van der Waals surface area contributed by atoms with Crippen LogP contribution in [0.5, 0.6) is 0 Å². The van der Waals surface area contributed by atoms with E-state index in [0.29, 0.717) is 6.04 Å². The van der Waals surface area contributed by atoms with Crippen molar-refractivity contribution in [2.45, 2.75) is 32.7 Å². The highest BCUT2D eigenvalue weighted by molar-refractivity contribution is 5.45. The average Bonchev–Trinajstić information content (AvgIpc) is 2.15. The molecule has 14 heavy (non-hydrogen) atoms. The summed E-state index contributed by atoms with van der Waals surface area (Å²) in [6, 6.07) is 8.98. The molecule has 0 aliphatic carbocycles. The van der Waals surface area contributed by atoms with E-state index in [1.807, 2.05) is 6.08 Å². The quantitative estimate of drug-likeness (QED) is 0.695. The van der Waals surface area contributed by atoms with Gasteiger partial charge in [0.1, 0.15) is 0 Å². The molecule has 0 saturated carbocycles. The van der Waals surface area contributed by atoms with Crippen LogP contribution in [0.2, 0.25) is 0 Å². The van der Waals surface area contributed by atoms with E-state index in [2.05, 4.69) is 50.0 Å². The van der Waals surface area contributed by atoms with Crippen molar-refractivity contribution in [3.63, 3.8) is 0 Å². The zero-order valence-electron chi connectivity index (χ0n) is 9.09. The molecule has 0 radical (unpaired) electrons. The van der Waals surface area contributed by atoms with Crippen LogP contribution in [-0.4, -0.2) is 6.04 Å². The van der Waals surface area contributed by atoms with Crippen LogP contribution in [-0.2, 0) is 0 Å². The minimum atomic E-state index is 0.509. The van der Waals surface area contributed by atoms with Crippen molar-refractivity contribution >= 4 is 5.69 Å². The molecule has 0 aliphatic rings. The van der Waals surface area contributed by atoms with Gasteiger partial charge in [-0.2, -0.15) is 0 Å². The summed E-state index contributed by atoms with van der Waals surface area (Å²) in [5.74, 6) is 0. The Morgan fingerprint density at radius 1 is 1.50 bits per heavy atom. The average molecular weight is 189 g/mol. The summed E-state index contributed by atoms with van der Waals surface area (Å²) in [5, 5.41) is 3.47. The Bertz CT molecular complexity index is 291. The molecule has 76 valence electrons. The second-order valence-electron chi connectivity index (χ2n) is 3.78. The molecule has 1 aromatic rings. The van der Waals surface area contributed by atoms with E-state index in [-0.39, 0.29) is 0 Å². The fraction of sp³-hybridized carbons (Fsp3) is 0.385. The maximum absolute atomic E-state index is 3.73. The number of benzene rings is 1. The predicted octanol–water partition coefficient (Wildman–Crippen LogP) is 3.76. The molecule has 0 aromatic heterocycles. The van der Waals surface area contributed by atoms with Crippen LogP contribution in [0, 0.1) is 6.92 Å². The number of anilines is 1. The van der Waals surface area contributed by atoms with Crippen LogP contribution in [0.4, 0.5) is 5.69 Å². The SMILES string of the molecule is C=CCC[C@H](C)Nc1cccc(C)c1. The van der Waals surface area contributed by atoms with E-state index >= 15 is 0 Å². The van der Waals surface area contributed by atoms with Crippen molar-refractivity contribution in [2.24, 2.45) is 0 Å². The molecular formula is C13H19N. The molecule has 1 rings (SSSR count). The molecule has 1 atom stereocenters. The van der Waals surface area contributed by atoms with Crippen molar-refractivity contribution in [3.8, 4) is 0 Å². The lowest BCUT2D eigenvalue weighted by molar-refractivity contribution is 0.719. The molecule has 0 heterocycles. The number of nitrogens with one attached hydrogen (secondary N) is 1. The first-order chi connectivity index (χ1) is 6.72.